The maximum absolute atomic E-state index is 10.3. The predicted octanol–water partition coefficient (Wildman–Crippen LogP) is -1.36. The van der Waals surface area contributed by atoms with Crippen molar-refractivity contribution < 1.29 is 22.9 Å². The lowest BCUT2D eigenvalue weighted by Gasteiger charge is -2.11. The summed E-state index contributed by atoms with van der Waals surface area (Å²) < 4.78 is 28.8. The zero-order chi connectivity index (χ0) is 9.07. The first-order valence-corrected chi connectivity index (χ1v) is 4.01. The van der Waals surface area contributed by atoms with Crippen molar-refractivity contribution in [2.75, 3.05) is 7.05 Å². The van der Waals surface area contributed by atoms with Gasteiger partial charge in [0.05, 0.1) is 0 Å². The molecule has 0 saturated carbocycles. The zero-order valence-electron chi connectivity index (χ0n) is 5.60. The van der Waals surface area contributed by atoms with Gasteiger partial charge in [0.15, 0.2) is 0 Å². The monoisotopic (exact) mass is 184 g/mol. The van der Waals surface area contributed by atoms with Crippen LogP contribution in [0.25, 0.3) is 0 Å². The molecular formula is C3H8N2O5S. The molecule has 4 N–H and O–H groups in total. The van der Waals surface area contributed by atoms with Gasteiger partial charge in [-0.3, -0.25) is 15.2 Å². The van der Waals surface area contributed by atoms with Crippen LogP contribution in [0.2, 0.25) is 0 Å². The van der Waals surface area contributed by atoms with Crippen molar-refractivity contribution >= 4 is 16.2 Å². The standard InChI is InChI=1S/C3H8N2O5S/c1-4-2(5-3(6)7)11(8,9)10/h2,4-5H,1H3,(H,6,7)(H,8,9,10). The van der Waals surface area contributed by atoms with Crippen molar-refractivity contribution in [1.82, 2.24) is 10.6 Å². The topological polar surface area (TPSA) is 116 Å². The summed E-state index contributed by atoms with van der Waals surface area (Å²) in [6, 6.07) is 0. The molecule has 1 amide bonds. The van der Waals surface area contributed by atoms with E-state index in [4.69, 9.17) is 9.66 Å². The second-order valence-corrected chi connectivity index (χ2v) is 3.13. The first kappa shape index (κ1) is 10.1. The third-order valence-electron chi connectivity index (χ3n) is 0.815. The molecule has 0 fully saturated rings. The van der Waals surface area contributed by atoms with E-state index in [1.54, 1.807) is 0 Å². The quantitative estimate of drug-likeness (QED) is 0.318. The van der Waals surface area contributed by atoms with Crippen LogP contribution in [0.4, 0.5) is 4.79 Å². The van der Waals surface area contributed by atoms with Crippen LogP contribution in [0.5, 0.6) is 0 Å². The van der Waals surface area contributed by atoms with Crippen molar-refractivity contribution in [3.05, 3.63) is 0 Å². The van der Waals surface area contributed by atoms with Crippen LogP contribution in [-0.4, -0.2) is 36.7 Å². The number of carbonyl (C=O) groups is 1. The maximum atomic E-state index is 10.3. The fraction of sp³-hybridized carbons (Fsp3) is 0.667. The molecule has 7 nitrogen and oxygen atoms in total. The molecule has 1 unspecified atom stereocenters. The van der Waals surface area contributed by atoms with Gasteiger partial charge in [-0.2, -0.15) is 8.42 Å². The molecule has 0 bridgehead atoms. The van der Waals surface area contributed by atoms with Crippen molar-refractivity contribution in [3.8, 4) is 0 Å². The second kappa shape index (κ2) is 3.51. The van der Waals surface area contributed by atoms with Gasteiger partial charge < -0.3 is 5.11 Å². The van der Waals surface area contributed by atoms with Gasteiger partial charge in [-0.1, -0.05) is 0 Å². The van der Waals surface area contributed by atoms with Gasteiger partial charge in [0.25, 0.3) is 0 Å². The largest absolute Gasteiger partial charge is 0.465 e. The molecule has 0 aliphatic carbocycles. The number of rotatable bonds is 3. The average molecular weight is 184 g/mol. The molecule has 8 heteroatoms. The van der Waals surface area contributed by atoms with Gasteiger partial charge in [-0.05, 0) is 7.05 Å². The van der Waals surface area contributed by atoms with E-state index in [-0.39, 0.29) is 0 Å². The molecule has 0 spiro atoms. The van der Waals surface area contributed by atoms with Gasteiger partial charge in [-0.25, -0.2) is 4.79 Å². The highest BCUT2D eigenvalue weighted by molar-refractivity contribution is 7.86. The third kappa shape index (κ3) is 3.75. The number of nitrogens with one attached hydrogen (secondary N) is 2. The molecule has 0 aromatic heterocycles. The minimum absolute atomic E-state index is 1.19. The summed E-state index contributed by atoms with van der Waals surface area (Å²) in [6.45, 7) is 0. The lowest BCUT2D eigenvalue weighted by molar-refractivity contribution is 0.191. The smallest absolute Gasteiger partial charge is 0.406 e. The van der Waals surface area contributed by atoms with E-state index in [1.165, 1.54) is 12.4 Å². The first-order valence-electron chi connectivity index (χ1n) is 2.51. The van der Waals surface area contributed by atoms with Gasteiger partial charge in [0.1, 0.15) is 0 Å². The van der Waals surface area contributed by atoms with Crippen molar-refractivity contribution in [2.45, 2.75) is 5.50 Å². The summed E-state index contributed by atoms with van der Waals surface area (Å²) in [6.07, 6.45) is -1.54. The Bertz CT molecular complexity index is 234. The summed E-state index contributed by atoms with van der Waals surface area (Å²) in [5.41, 5.74) is -1.68. The van der Waals surface area contributed by atoms with Crippen LogP contribution in [0.3, 0.4) is 0 Å². The number of hydrogen-bond acceptors (Lipinski definition) is 4. The van der Waals surface area contributed by atoms with E-state index in [0.717, 1.165) is 0 Å². The summed E-state index contributed by atoms with van der Waals surface area (Å²) in [5, 5.41) is 11.6. The molecule has 0 radical (unpaired) electrons. The van der Waals surface area contributed by atoms with E-state index < -0.39 is 21.7 Å². The third-order valence-corrected chi connectivity index (χ3v) is 1.76. The van der Waals surface area contributed by atoms with E-state index >= 15 is 0 Å². The Balaban J connectivity index is 4.31. The van der Waals surface area contributed by atoms with Gasteiger partial charge >= 0.3 is 16.2 Å². The van der Waals surface area contributed by atoms with Crippen LogP contribution < -0.4 is 10.6 Å². The highest BCUT2D eigenvalue weighted by atomic mass is 32.2. The number of carboxylic acid groups (broad SMARTS) is 1. The normalized spacial score (nSPS) is 14.0. The van der Waals surface area contributed by atoms with Crippen LogP contribution in [0, 0.1) is 0 Å². The Hall–Kier alpha value is -0.860. The summed E-state index contributed by atoms with van der Waals surface area (Å²) in [4.78, 5) is 9.89. The molecule has 66 valence electrons. The van der Waals surface area contributed by atoms with Gasteiger partial charge in [0.2, 0.25) is 5.50 Å². The Kier molecular flexibility index (Phi) is 3.23. The first-order chi connectivity index (χ1) is 4.88. The van der Waals surface area contributed by atoms with E-state index in [0.29, 0.717) is 0 Å². The lowest BCUT2D eigenvalue weighted by Crippen LogP contribution is -2.48. The maximum Gasteiger partial charge on any atom is 0.406 e. The van der Waals surface area contributed by atoms with Crippen LogP contribution in [-0.2, 0) is 10.1 Å². The molecule has 1 atom stereocenters. The van der Waals surface area contributed by atoms with E-state index in [2.05, 4.69) is 0 Å². The molecule has 11 heavy (non-hydrogen) atoms. The highest BCUT2D eigenvalue weighted by Gasteiger charge is 2.21. The van der Waals surface area contributed by atoms with Gasteiger partial charge in [-0.15, -0.1) is 0 Å². The van der Waals surface area contributed by atoms with E-state index in [1.807, 2.05) is 5.32 Å². The van der Waals surface area contributed by atoms with E-state index in [9.17, 15) is 13.2 Å². The molecule has 0 aliphatic rings. The Morgan fingerprint density at radius 1 is 1.55 bits per heavy atom. The lowest BCUT2D eigenvalue weighted by atomic mass is 10.9. The Morgan fingerprint density at radius 3 is 2.09 bits per heavy atom. The second-order valence-electron chi connectivity index (χ2n) is 1.63. The predicted molar refractivity (Wildman–Crippen MR) is 35.6 cm³/mol. The summed E-state index contributed by atoms with van der Waals surface area (Å²) >= 11 is 0. The molecule has 0 rings (SSSR count). The molecule has 0 aromatic rings. The van der Waals surface area contributed by atoms with Crippen LogP contribution in [0.1, 0.15) is 0 Å². The fourth-order valence-corrected chi connectivity index (χ4v) is 0.955. The minimum Gasteiger partial charge on any atom is -0.465 e. The Morgan fingerprint density at radius 2 is 2.00 bits per heavy atom. The SMILES string of the molecule is CNC(NC(=O)O)S(=O)(=O)O. The van der Waals surface area contributed by atoms with Gasteiger partial charge in [0, 0.05) is 0 Å². The molecule has 0 aliphatic heterocycles. The Labute approximate surface area is 63.2 Å². The zero-order valence-corrected chi connectivity index (χ0v) is 6.42. The van der Waals surface area contributed by atoms with Crippen molar-refractivity contribution in [1.29, 1.82) is 0 Å². The molecule has 0 aromatic carbocycles. The van der Waals surface area contributed by atoms with Crippen molar-refractivity contribution in [2.24, 2.45) is 0 Å². The fourth-order valence-electron chi connectivity index (χ4n) is 0.408. The van der Waals surface area contributed by atoms with Crippen molar-refractivity contribution in [3.63, 3.8) is 0 Å². The number of amides is 1. The summed E-state index contributed by atoms with van der Waals surface area (Å²) in [5.74, 6) is 0. The number of hydrogen-bond donors (Lipinski definition) is 4. The molecule has 0 saturated heterocycles. The average Bonchev–Trinajstić information content (AvgIpc) is 1.79. The molecular weight excluding hydrogens is 176 g/mol. The minimum atomic E-state index is -4.41. The highest BCUT2D eigenvalue weighted by Crippen LogP contribution is 1.87. The van der Waals surface area contributed by atoms with Crippen LogP contribution >= 0.6 is 0 Å². The van der Waals surface area contributed by atoms with Crippen LogP contribution in [0.15, 0.2) is 0 Å². The molecule has 0 heterocycles. The summed E-state index contributed by atoms with van der Waals surface area (Å²) in [7, 11) is -3.22.